The van der Waals surface area contributed by atoms with Gasteiger partial charge in [-0.3, -0.25) is 4.79 Å². The Morgan fingerprint density at radius 1 is 1.40 bits per heavy atom. The lowest BCUT2D eigenvalue weighted by molar-refractivity contribution is -0.160. The molecular weight excluding hydrogens is 354 g/mol. The molecule has 0 saturated carbocycles. The Morgan fingerprint density at radius 3 is 2.60 bits per heavy atom. The molecule has 3 aliphatic rings. The van der Waals surface area contributed by atoms with E-state index in [1.165, 1.54) is 0 Å². The summed E-state index contributed by atoms with van der Waals surface area (Å²) in [5, 5.41) is 9.84. The summed E-state index contributed by atoms with van der Waals surface area (Å²) in [6.45, 7) is 13.0. The normalized spacial score (nSPS) is 30.7. The van der Waals surface area contributed by atoms with Crippen molar-refractivity contribution < 1.29 is 19.1 Å². The molecule has 2 fully saturated rings. The van der Waals surface area contributed by atoms with Gasteiger partial charge >= 0.3 is 5.97 Å². The van der Waals surface area contributed by atoms with Gasteiger partial charge in [0.25, 0.3) is 0 Å². The first-order chi connectivity index (χ1) is 11.5. The van der Waals surface area contributed by atoms with Crippen molar-refractivity contribution in [1.29, 1.82) is 0 Å². The van der Waals surface area contributed by atoms with Crippen molar-refractivity contribution in [3.8, 4) is 0 Å². The molecule has 4 atom stereocenters. The number of hydrogen-bond acceptors (Lipinski definition) is 4. The number of rotatable bonds is 4. The van der Waals surface area contributed by atoms with Gasteiger partial charge in [0.05, 0.1) is 18.1 Å². The minimum absolute atomic E-state index is 0.0429. The lowest BCUT2D eigenvalue weighted by Crippen LogP contribution is -2.66. The Labute approximate surface area is 155 Å². The zero-order chi connectivity index (χ0) is 18.7. The van der Waals surface area contributed by atoms with Crippen LogP contribution in [-0.2, 0) is 14.0 Å². The lowest BCUT2D eigenvalue weighted by atomic mass is 9.82. The summed E-state index contributed by atoms with van der Waals surface area (Å²) in [7, 11) is -1.98. The maximum absolute atomic E-state index is 12.8. The summed E-state index contributed by atoms with van der Waals surface area (Å²) in [6, 6.07) is -0.0429. The fourth-order valence-electron chi connectivity index (χ4n) is 3.98. The summed E-state index contributed by atoms with van der Waals surface area (Å²) < 4.78 is 6.48. The molecule has 3 heterocycles. The number of β-lactam (4-membered cyclic amide) rings is 1. The first-order valence-corrected chi connectivity index (χ1v) is 13.0. The van der Waals surface area contributed by atoms with E-state index in [1.54, 1.807) is 16.7 Å². The SMILES string of the molecule is C[C@@H](O[Si](C)(C)C(C)(C)C)[C@H]1C(=O)N2C(C(=O)O)=C3CCCS[C@H]3[C@H]12. The number of nitrogens with zero attached hydrogens (tertiary/aromatic N) is 1. The van der Waals surface area contributed by atoms with Crippen molar-refractivity contribution in [3.63, 3.8) is 0 Å². The molecule has 1 amide bonds. The molecule has 5 nitrogen and oxygen atoms in total. The molecule has 0 unspecified atom stereocenters. The zero-order valence-corrected chi connectivity index (χ0v) is 17.8. The molecule has 0 bridgehead atoms. The van der Waals surface area contributed by atoms with Gasteiger partial charge in [-0.1, -0.05) is 20.8 Å². The number of carbonyl (C=O) groups is 2. The van der Waals surface area contributed by atoms with E-state index in [9.17, 15) is 14.7 Å². The number of fused-ring (bicyclic) bond motifs is 3. The number of carbonyl (C=O) groups excluding carboxylic acids is 1. The molecule has 1 N–H and O–H groups in total. The van der Waals surface area contributed by atoms with Crippen LogP contribution in [0.15, 0.2) is 11.3 Å². The summed E-state index contributed by atoms with van der Waals surface area (Å²) in [5.41, 5.74) is 1.21. The van der Waals surface area contributed by atoms with Crippen molar-refractivity contribution in [3.05, 3.63) is 11.3 Å². The first-order valence-electron chi connectivity index (χ1n) is 9.06. The molecule has 3 aliphatic heterocycles. The average Bonchev–Trinajstić information content (AvgIpc) is 2.76. The van der Waals surface area contributed by atoms with Crippen LogP contribution in [0, 0.1) is 5.92 Å². The molecule has 0 aliphatic carbocycles. The van der Waals surface area contributed by atoms with Crippen LogP contribution >= 0.6 is 11.8 Å². The summed E-state index contributed by atoms with van der Waals surface area (Å²) in [6.07, 6.45) is 1.61. The Hall–Kier alpha value is -0.793. The number of thioether (sulfide) groups is 1. The molecule has 7 heteroatoms. The standard InChI is InChI=1S/C18H29NO4SSi/c1-10(23-25(5,6)18(2,3)4)12-14-15-11(8-7-9-24-15)13(17(21)22)19(14)16(12)20/h10,12,14-15H,7-9H2,1-6H3,(H,21,22)/t10-,12-,14+,15-/m1/s1. The Bertz CT molecular complexity index is 639. The van der Waals surface area contributed by atoms with Crippen LogP contribution in [0.4, 0.5) is 0 Å². The summed E-state index contributed by atoms with van der Waals surface area (Å²) in [4.78, 5) is 26.1. The van der Waals surface area contributed by atoms with E-state index in [2.05, 4.69) is 33.9 Å². The maximum Gasteiger partial charge on any atom is 0.352 e. The van der Waals surface area contributed by atoms with Gasteiger partial charge in [0.1, 0.15) is 5.70 Å². The number of carboxylic acids is 1. The van der Waals surface area contributed by atoms with E-state index in [4.69, 9.17) is 4.43 Å². The predicted molar refractivity (Wildman–Crippen MR) is 102 cm³/mol. The van der Waals surface area contributed by atoms with Crippen LogP contribution in [0.5, 0.6) is 0 Å². The van der Waals surface area contributed by atoms with Crippen molar-refractivity contribution in [2.45, 2.75) is 76.1 Å². The molecule has 3 rings (SSSR count). The highest BCUT2D eigenvalue weighted by molar-refractivity contribution is 8.00. The summed E-state index contributed by atoms with van der Waals surface area (Å²) >= 11 is 1.81. The zero-order valence-electron chi connectivity index (χ0n) is 16.0. The largest absolute Gasteiger partial charge is 0.477 e. The molecule has 140 valence electrons. The van der Waals surface area contributed by atoms with Crippen LogP contribution in [0.3, 0.4) is 0 Å². The molecule has 0 spiro atoms. The first kappa shape index (κ1) is 19.0. The van der Waals surface area contributed by atoms with Gasteiger partial charge in [-0.05, 0) is 49.2 Å². The van der Waals surface area contributed by atoms with E-state index >= 15 is 0 Å². The minimum Gasteiger partial charge on any atom is -0.477 e. The number of carboxylic acid groups (broad SMARTS) is 1. The van der Waals surface area contributed by atoms with Crippen LogP contribution in [0.25, 0.3) is 0 Å². The number of hydrogen-bond donors (Lipinski definition) is 1. The third-order valence-corrected chi connectivity index (χ3v) is 12.3. The Balaban J connectivity index is 1.83. The van der Waals surface area contributed by atoms with E-state index in [-0.39, 0.29) is 40.0 Å². The smallest absolute Gasteiger partial charge is 0.352 e. The maximum atomic E-state index is 12.8. The van der Waals surface area contributed by atoms with Crippen molar-refractivity contribution in [1.82, 2.24) is 4.90 Å². The van der Waals surface area contributed by atoms with Crippen LogP contribution in [-0.4, -0.2) is 53.3 Å². The van der Waals surface area contributed by atoms with Crippen LogP contribution < -0.4 is 0 Å². The fourth-order valence-corrected chi connectivity index (χ4v) is 6.89. The monoisotopic (exact) mass is 383 g/mol. The van der Waals surface area contributed by atoms with E-state index in [1.807, 2.05) is 6.92 Å². The van der Waals surface area contributed by atoms with E-state index in [0.717, 1.165) is 24.2 Å². The summed E-state index contributed by atoms with van der Waals surface area (Å²) in [5.74, 6) is -0.230. The average molecular weight is 384 g/mol. The second kappa shape index (κ2) is 6.13. The minimum atomic E-state index is -1.98. The molecule has 25 heavy (non-hydrogen) atoms. The molecule has 2 saturated heterocycles. The van der Waals surface area contributed by atoms with Crippen molar-refractivity contribution in [2.75, 3.05) is 5.75 Å². The third kappa shape index (κ3) is 2.88. The number of amides is 1. The quantitative estimate of drug-likeness (QED) is 0.595. The van der Waals surface area contributed by atoms with Gasteiger partial charge < -0.3 is 14.4 Å². The molecular formula is C18H29NO4SSi. The van der Waals surface area contributed by atoms with Crippen LogP contribution in [0.2, 0.25) is 18.1 Å². The lowest BCUT2D eigenvalue weighted by Gasteiger charge is -2.50. The van der Waals surface area contributed by atoms with Gasteiger partial charge in [0.2, 0.25) is 5.91 Å². The molecule has 0 radical (unpaired) electrons. The van der Waals surface area contributed by atoms with Crippen molar-refractivity contribution >= 4 is 32.0 Å². The molecule has 0 aromatic carbocycles. The van der Waals surface area contributed by atoms with Gasteiger partial charge in [0, 0.05) is 5.25 Å². The highest BCUT2D eigenvalue weighted by atomic mass is 32.2. The Morgan fingerprint density at radius 2 is 2.04 bits per heavy atom. The van der Waals surface area contributed by atoms with E-state index < -0.39 is 14.3 Å². The second-order valence-corrected chi connectivity index (χ2v) is 14.9. The van der Waals surface area contributed by atoms with E-state index in [0.29, 0.717) is 0 Å². The molecule has 0 aromatic rings. The second-order valence-electron chi connectivity index (χ2n) is 8.88. The Kier molecular flexibility index (Phi) is 4.65. The van der Waals surface area contributed by atoms with Gasteiger partial charge in [0.15, 0.2) is 8.32 Å². The van der Waals surface area contributed by atoms with Crippen molar-refractivity contribution in [2.24, 2.45) is 5.92 Å². The fraction of sp³-hybridized carbons (Fsp3) is 0.778. The van der Waals surface area contributed by atoms with Crippen LogP contribution in [0.1, 0.15) is 40.5 Å². The topological polar surface area (TPSA) is 66.8 Å². The highest BCUT2D eigenvalue weighted by Crippen LogP contribution is 2.52. The van der Waals surface area contributed by atoms with Gasteiger partial charge in [-0.25, -0.2) is 4.79 Å². The van der Waals surface area contributed by atoms with Gasteiger partial charge in [-0.15, -0.1) is 0 Å². The highest BCUT2D eigenvalue weighted by Gasteiger charge is 2.62. The molecule has 0 aromatic heterocycles. The third-order valence-electron chi connectivity index (χ3n) is 6.27. The predicted octanol–water partition coefficient (Wildman–Crippen LogP) is 3.47. The number of aliphatic carboxylic acids is 1. The van der Waals surface area contributed by atoms with Gasteiger partial charge in [-0.2, -0.15) is 11.8 Å².